The second kappa shape index (κ2) is 12.2. The summed E-state index contributed by atoms with van der Waals surface area (Å²) in [5.74, 6) is -2.71. The number of nitrogens with one attached hydrogen (secondary N) is 2. The van der Waals surface area contributed by atoms with Crippen LogP contribution in [-0.4, -0.2) is 66.0 Å². The predicted molar refractivity (Wildman–Crippen MR) is 146 cm³/mol. The van der Waals surface area contributed by atoms with Crippen molar-refractivity contribution in [1.82, 2.24) is 40.3 Å². The maximum absolute atomic E-state index is 13.7. The number of nitriles is 1. The van der Waals surface area contributed by atoms with Crippen molar-refractivity contribution in [2.75, 3.05) is 19.0 Å². The zero-order chi connectivity index (χ0) is 31.5. The minimum Gasteiger partial charge on any atom is -0.377 e. The van der Waals surface area contributed by atoms with Crippen LogP contribution in [0.1, 0.15) is 57.3 Å². The van der Waals surface area contributed by atoms with Crippen molar-refractivity contribution in [1.29, 1.82) is 5.26 Å². The standard InChI is InChI=1S/C26H24ClF3N10O3/c1-14-8-15(11-31)9-17(22(41)33-13-25(2,3)43-4)20(14)34-23(42)19-10-16(12-39-37-24(35-38-39)26(28,29)30)36-40(19)21-18(27)6-5-7-32-21/h5-10H,12-13H2,1-4H3,(H,33,41)(H,34,42). The number of hydrogen-bond donors (Lipinski definition) is 2. The summed E-state index contributed by atoms with van der Waals surface area (Å²) in [6.07, 6.45) is -3.39. The Bertz CT molecular complexity index is 1730. The van der Waals surface area contributed by atoms with E-state index < -0.39 is 29.4 Å². The van der Waals surface area contributed by atoms with Crippen molar-refractivity contribution in [2.45, 2.75) is 39.1 Å². The fraction of sp³-hybridized carbons (Fsp3) is 0.308. The fourth-order valence-electron chi connectivity index (χ4n) is 3.77. The van der Waals surface area contributed by atoms with Gasteiger partial charge in [-0.05, 0) is 61.9 Å². The summed E-state index contributed by atoms with van der Waals surface area (Å²) >= 11 is 6.31. The van der Waals surface area contributed by atoms with Crippen molar-refractivity contribution in [3.05, 3.63) is 75.5 Å². The molecule has 3 aromatic heterocycles. The number of halogens is 4. The molecule has 4 rings (SSSR count). The second-order valence-corrected chi connectivity index (χ2v) is 10.2. The molecule has 2 amide bonds. The molecule has 0 atom stereocenters. The Labute approximate surface area is 247 Å². The highest BCUT2D eigenvalue weighted by molar-refractivity contribution is 6.32. The van der Waals surface area contributed by atoms with E-state index in [1.165, 1.54) is 37.6 Å². The molecule has 13 nitrogen and oxygen atoms in total. The third kappa shape index (κ3) is 7.13. The number of rotatable bonds is 9. The molecule has 4 aromatic rings. The second-order valence-electron chi connectivity index (χ2n) is 9.81. The van der Waals surface area contributed by atoms with Gasteiger partial charge in [0.15, 0.2) is 5.82 Å². The van der Waals surface area contributed by atoms with Gasteiger partial charge in [0.25, 0.3) is 17.6 Å². The third-order valence-electron chi connectivity index (χ3n) is 6.12. The highest BCUT2D eigenvalue weighted by atomic mass is 35.5. The minimum absolute atomic E-state index is 0.0189. The maximum Gasteiger partial charge on any atom is 0.455 e. The van der Waals surface area contributed by atoms with Crippen LogP contribution in [0.3, 0.4) is 0 Å². The number of tetrazole rings is 1. The smallest absolute Gasteiger partial charge is 0.377 e. The van der Waals surface area contributed by atoms with Crippen molar-refractivity contribution in [3.8, 4) is 11.9 Å². The van der Waals surface area contributed by atoms with Crippen LogP contribution in [0.25, 0.3) is 5.82 Å². The molecule has 0 aliphatic heterocycles. The number of alkyl halides is 3. The highest BCUT2D eigenvalue weighted by Gasteiger charge is 2.37. The molecular formula is C26H24ClF3N10O3. The van der Waals surface area contributed by atoms with E-state index >= 15 is 0 Å². The van der Waals surface area contributed by atoms with E-state index in [0.29, 0.717) is 10.4 Å². The largest absolute Gasteiger partial charge is 0.455 e. The summed E-state index contributed by atoms with van der Waals surface area (Å²) in [5, 5.41) is 29.1. The first-order valence-corrected chi connectivity index (χ1v) is 12.8. The van der Waals surface area contributed by atoms with E-state index in [1.54, 1.807) is 26.8 Å². The third-order valence-corrected chi connectivity index (χ3v) is 6.41. The number of nitrogens with zero attached hydrogens (tertiary/aromatic N) is 8. The molecule has 0 bridgehead atoms. The fourth-order valence-corrected chi connectivity index (χ4v) is 3.97. The molecule has 0 radical (unpaired) electrons. The number of amides is 2. The van der Waals surface area contributed by atoms with Crippen molar-refractivity contribution < 1.29 is 27.5 Å². The zero-order valence-electron chi connectivity index (χ0n) is 23.2. The summed E-state index contributed by atoms with van der Waals surface area (Å²) in [6, 6.07) is 9.18. The molecule has 0 fully saturated rings. The molecule has 1 aromatic carbocycles. The van der Waals surface area contributed by atoms with Crippen LogP contribution in [0.4, 0.5) is 18.9 Å². The van der Waals surface area contributed by atoms with Crippen molar-refractivity contribution in [3.63, 3.8) is 0 Å². The SMILES string of the molecule is COC(C)(C)CNC(=O)c1cc(C#N)cc(C)c1NC(=O)c1cc(Cn2nnc(C(F)(F)F)n2)nn1-c1ncccc1Cl. The zero-order valence-corrected chi connectivity index (χ0v) is 23.9. The normalized spacial score (nSPS) is 11.7. The number of aryl methyl sites for hydroxylation is 1. The van der Waals surface area contributed by atoms with Crippen LogP contribution >= 0.6 is 11.6 Å². The van der Waals surface area contributed by atoms with Gasteiger partial charge in [0.2, 0.25) is 0 Å². The van der Waals surface area contributed by atoms with Crippen LogP contribution in [0.15, 0.2) is 36.5 Å². The average Bonchev–Trinajstić information content (AvgIpc) is 3.61. The van der Waals surface area contributed by atoms with Crippen LogP contribution in [0.5, 0.6) is 0 Å². The van der Waals surface area contributed by atoms with Crippen molar-refractivity contribution in [2.24, 2.45) is 0 Å². The maximum atomic E-state index is 13.7. The number of ether oxygens (including phenoxy) is 1. The Hall–Kier alpha value is -4.88. The predicted octanol–water partition coefficient (Wildman–Crippen LogP) is 3.56. The van der Waals surface area contributed by atoms with Crippen LogP contribution in [0, 0.1) is 18.3 Å². The van der Waals surface area contributed by atoms with Crippen molar-refractivity contribution >= 4 is 29.1 Å². The van der Waals surface area contributed by atoms with E-state index in [1.807, 2.05) is 6.07 Å². The van der Waals surface area contributed by atoms with Gasteiger partial charge in [-0.3, -0.25) is 9.59 Å². The van der Waals surface area contributed by atoms with Gasteiger partial charge in [0.05, 0.1) is 39.2 Å². The quantitative estimate of drug-likeness (QED) is 0.286. The molecular weight excluding hydrogens is 593 g/mol. The Kier molecular flexibility index (Phi) is 8.78. The van der Waals surface area contributed by atoms with Gasteiger partial charge in [-0.2, -0.15) is 28.3 Å². The number of pyridine rings is 1. The van der Waals surface area contributed by atoms with E-state index in [9.17, 15) is 28.0 Å². The molecule has 0 saturated carbocycles. The Morgan fingerprint density at radius 2 is 1.91 bits per heavy atom. The highest BCUT2D eigenvalue weighted by Crippen LogP contribution is 2.27. The lowest BCUT2D eigenvalue weighted by Gasteiger charge is -2.23. The lowest BCUT2D eigenvalue weighted by atomic mass is 10.0. The number of benzene rings is 1. The minimum atomic E-state index is -4.80. The molecule has 3 heterocycles. The molecule has 0 aliphatic carbocycles. The Balaban J connectivity index is 1.72. The van der Waals surface area contributed by atoms with Gasteiger partial charge in [0, 0.05) is 19.9 Å². The van der Waals surface area contributed by atoms with E-state index in [4.69, 9.17) is 16.3 Å². The average molecular weight is 617 g/mol. The lowest BCUT2D eigenvalue weighted by molar-refractivity contribution is -0.145. The van der Waals surface area contributed by atoms with Gasteiger partial charge >= 0.3 is 6.18 Å². The van der Waals surface area contributed by atoms with Crippen LogP contribution in [0.2, 0.25) is 5.02 Å². The van der Waals surface area contributed by atoms with Gasteiger partial charge < -0.3 is 15.4 Å². The van der Waals surface area contributed by atoms with Gasteiger partial charge in [-0.15, -0.1) is 10.2 Å². The summed E-state index contributed by atoms with van der Waals surface area (Å²) < 4.78 is 45.3. The van der Waals surface area contributed by atoms with Gasteiger partial charge in [-0.1, -0.05) is 11.6 Å². The summed E-state index contributed by atoms with van der Waals surface area (Å²) in [5.41, 5.74) is 0.00842. The van der Waals surface area contributed by atoms with Crippen LogP contribution in [-0.2, 0) is 17.5 Å². The summed E-state index contributed by atoms with van der Waals surface area (Å²) in [7, 11) is 1.50. The van der Waals surface area contributed by atoms with E-state index in [0.717, 1.165) is 4.68 Å². The first-order valence-electron chi connectivity index (χ1n) is 12.5. The molecule has 0 unspecified atom stereocenters. The molecule has 0 aliphatic rings. The molecule has 224 valence electrons. The van der Waals surface area contributed by atoms with Crippen LogP contribution < -0.4 is 10.6 Å². The molecule has 0 spiro atoms. The molecule has 0 saturated heterocycles. The number of carbonyl (C=O) groups is 2. The Morgan fingerprint density at radius 3 is 2.53 bits per heavy atom. The number of carbonyl (C=O) groups excluding carboxylic acids is 2. The number of hydrogen-bond acceptors (Lipinski definition) is 9. The van der Waals surface area contributed by atoms with E-state index in [-0.39, 0.29) is 52.1 Å². The lowest BCUT2D eigenvalue weighted by Crippen LogP contribution is -2.40. The summed E-state index contributed by atoms with van der Waals surface area (Å²) in [4.78, 5) is 31.8. The number of methoxy groups -OCH3 is 1. The van der Waals surface area contributed by atoms with Gasteiger partial charge in [-0.25, -0.2) is 9.67 Å². The first kappa shape index (κ1) is 31.1. The summed E-state index contributed by atoms with van der Waals surface area (Å²) in [6.45, 7) is 4.91. The monoisotopic (exact) mass is 616 g/mol. The molecule has 2 N–H and O–H groups in total. The Morgan fingerprint density at radius 1 is 1.16 bits per heavy atom. The topological polar surface area (TPSA) is 166 Å². The number of anilines is 1. The first-order chi connectivity index (χ1) is 20.2. The van der Waals surface area contributed by atoms with E-state index in [2.05, 4.69) is 36.1 Å². The molecule has 43 heavy (non-hydrogen) atoms. The molecule has 17 heteroatoms. The number of aromatic nitrogens is 7. The van der Waals surface area contributed by atoms with Gasteiger partial charge in [0.1, 0.15) is 12.2 Å².